The van der Waals surface area contributed by atoms with Crippen molar-refractivity contribution >= 4 is 12.0 Å². The number of rotatable bonds is 5. The smallest absolute Gasteiger partial charge is 0.331 e. The minimum atomic E-state index is -0.252. The average molecular weight is 288 g/mol. The van der Waals surface area contributed by atoms with E-state index in [1.165, 1.54) is 6.08 Å². The number of hydrogen-bond donors (Lipinski definition) is 0. The van der Waals surface area contributed by atoms with Gasteiger partial charge in [-0.3, -0.25) is 0 Å². The highest BCUT2D eigenvalue weighted by molar-refractivity contribution is 5.87. The summed E-state index contributed by atoms with van der Waals surface area (Å²) in [5.41, 5.74) is 1.00. The topological polar surface area (TPSA) is 35.5 Å². The molecule has 0 amide bonds. The number of methoxy groups -OCH3 is 1. The zero-order valence-electron chi connectivity index (χ0n) is 12.8. The van der Waals surface area contributed by atoms with E-state index in [0.717, 1.165) is 31.2 Å². The van der Waals surface area contributed by atoms with Crippen LogP contribution >= 0.6 is 0 Å². The van der Waals surface area contributed by atoms with Crippen LogP contribution in [0.1, 0.15) is 38.2 Å². The summed E-state index contributed by atoms with van der Waals surface area (Å²) in [7, 11) is 1.76. The van der Waals surface area contributed by atoms with Crippen molar-refractivity contribution in [3.63, 3.8) is 0 Å². The molecule has 2 rings (SSSR count). The van der Waals surface area contributed by atoms with Gasteiger partial charge in [0, 0.05) is 13.2 Å². The van der Waals surface area contributed by atoms with Gasteiger partial charge in [0.15, 0.2) is 0 Å². The fourth-order valence-electron chi connectivity index (χ4n) is 2.91. The molecule has 1 aliphatic rings. The van der Waals surface area contributed by atoms with Gasteiger partial charge >= 0.3 is 5.97 Å². The van der Waals surface area contributed by atoms with E-state index in [4.69, 9.17) is 9.47 Å². The lowest BCUT2D eigenvalue weighted by Crippen LogP contribution is -2.35. The van der Waals surface area contributed by atoms with E-state index >= 15 is 0 Å². The molecule has 0 aliphatic heterocycles. The average Bonchev–Trinajstić information content (AvgIpc) is 2.54. The Labute approximate surface area is 127 Å². The molecule has 21 heavy (non-hydrogen) atoms. The lowest BCUT2D eigenvalue weighted by molar-refractivity contribution is -0.149. The summed E-state index contributed by atoms with van der Waals surface area (Å²) >= 11 is 0. The Kier molecular flexibility index (Phi) is 6.00. The second-order valence-electron chi connectivity index (χ2n) is 5.56. The van der Waals surface area contributed by atoms with E-state index in [-0.39, 0.29) is 12.1 Å². The molecule has 0 N–H and O–H groups in total. The Morgan fingerprint density at radius 2 is 2.05 bits per heavy atom. The summed E-state index contributed by atoms with van der Waals surface area (Å²) in [6.07, 6.45) is 7.50. The first-order valence-electron chi connectivity index (χ1n) is 7.69. The highest BCUT2D eigenvalue weighted by Crippen LogP contribution is 2.31. The summed E-state index contributed by atoms with van der Waals surface area (Å²) in [5, 5.41) is 0. The Morgan fingerprint density at radius 3 is 2.71 bits per heavy atom. The van der Waals surface area contributed by atoms with Crippen molar-refractivity contribution in [2.24, 2.45) is 5.92 Å². The Morgan fingerprint density at radius 1 is 1.29 bits per heavy atom. The van der Waals surface area contributed by atoms with Gasteiger partial charge in [0.05, 0.1) is 6.10 Å². The van der Waals surface area contributed by atoms with Gasteiger partial charge in [-0.15, -0.1) is 0 Å². The number of esters is 1. The maximum atomic E-state index is 12.0. The van der Waals surface area contributed by atoms with Crippen LogP contribution in [-0.2, 0) is 14.3 Å². The van der Waals surface area contributed by atoms with Crippen LogP contribution in [0.5, 0.6) is 0 Å². The second kappa shape index (κ2) is 7.99. The Hall–Kier alpha value is -1.61. The van der Waals surface area contributed by atoms with Gasteiger partial charge in [-0.05, 0) is 43.2 Å². The first-order chi connectivity index (χ1) is 10.2. The van der Waals surface area contributed by atoms with Crippen molar-refractivity contribution in [1.29, 1.82) is 0 Å². The monoisotopic (exact) mass is 288 g/mol. The van der Waals surface area contributed by atoms with Crippen LogP contribution in [0.4, 0.5) is 0 Å². The van der Waals surface area contributed by atoms with Crippen molar-refractivity contribution in [3.05, 3.63) is 42.0 Å². The van der Waals surface area contributed by atoms with E-state index < -0.39 is 0 Å². The van der Waals surface area contributed by atoms with E-state index in [9.17, 15) is 4.79 Å². The van der Waals surface area contributed by atoms with Gasteiger partial charge in [0.1, 0.15) is 6.10 Å². The molecule has 1 aromatic rings. The van der Waals surface area contributed by atoms with Crippen LogP contribution in [0.2, 0.25) is 0 Å². The molecule has 3 nitrogen and oxygen atoms in total. The van der Waals surface area contributed by atoms with E-state index in [1.807, 2.05) is 30.3 Å². The molecule has 3 unspecified atom stereocenters. The molecule has 0 spiro atoms. The number of carbonyl (C=O) groups excluding carboxylic acids is 1. The summed E-state index contributed by atoms with van der Waals surface area (Å²) in [5.74, 6) is 0.149. The van der Waals surface area contributed by atoms with Crippen LogP contribution in [0.15, 0.2) is 36.4 Å². The molecule has 1 aromatic carbocycles. The first kappa shape index (κ1) is 15.8. The van der Waals surface area contributed by atoms with Crippen molar-refractivity contribution in [1.82, 2.24) is 0 Å². The van der Waals surface area contributed by atoms with Crippen LogP contribution in [-0.4, -0.2) is 25.3 Å². The van der Waals surface area contributed by atoms with Crippen molar-refractivity contribution in [3.8, 4) is 0 Å². The minimum absolute atomic E-state index is 0.0225. The molecule has 0 radical (unpaired) electrons. The highest BCUT2D eigenvalue weighted by atomic mass is 16.5. The number of carbonyl (C=O) groups is 1. The third kappa shape index (κ3) is 4.71. The van der Waals surface area contributed by atoms with Gasteiger partial charge in [-0.1, -0.05) is 37.3 Å². The third-order valence-corrected chi connectivity index (χ3v) is 4.20. The maximum absolute atomic E-state index is 12.0. The molecule has 0 heterocycles. The first-order valence-corrected chi connectivity index (χ1v) is 7.69. The molecule has 0 saturated heterocycles. The number of ether oxygens (including phenoxy) is 2. The summed E-state index contributed by atoms with van der Waals surface area (Å²) in [6.45, 7) is 2.14. The minimum Gasteiger partial charge on any atom is -0.459 e. The summed E-state index contributed by atoms with van der Waals surface area (Å²) in [4.78, 5) is 12.0. The zero-order valence-corrected chi connectivity index (χ0v) is 12.8. The van der Waals surface area contributed by atoms with Crippen LogP contribution in [0.25, 0.3) is 6.08 Å². The summed E-state index contributed by atoms with van der Waals surface area (Å²) in [6, 6.07) is 9.77. The van der Waals surface area contributed by atoms with Crippen LogP contribution in [0.3, 0.4) is 0 Å². The lowest BCUT2D eigenvalue weighted by atomic mass is 9.83. The third-order valence-electron chi connectivity index (χ3n) is 4.20. The van der Waals surface area contributed by atoms with Crippen LogP contribution in [0, 0.1) is 5.92 Å². The van der Waals surface area contributed by atoms with Crippen molar-refractivity contribution < 1.29 is 14.3 Å². The molecular formula is C18H24O3. The molecule has 0 bridgehead atoms. The largest absolute Gasteiger partial charge is 0.459 e. The fourth-order valence-corrected chi connectivity index (χ4v) is 2.91. The second-order valence-corrected chi connectivity index (χ2v) is 5.56. The van der Waals surface area contributed by atoms with Gasteiger partial charge in [0.25, 0.3) is 0 Å². The van der Waals surface area contributed by atoms with Gasteiger partial charge < -0.3 is 9.47 Å². The SMILES string of the molecule is CCC1CC(OC)CCC1OC(=O)C=Cc1ccccc1. The lowest BCUT2D eigenvalue weighted by Gasteiger charge is -2.34. The van der Waals surface area contributed by atoms with Crippen molar-refractivity contribution in [2.45, 2.75) is 44.8 Å². The van der Waals surface area contributed by atoms with Gasteiger partial charge in [-0.2, -0.15) is 0 Å². The quantitative estimate of drug-likeness (QED) is 0.610. The van der Waals surface area contributed by atoms with Crippen molar-refractivity contribution in [2.75, 3.05) is 7.11 Å². The molecule has 114 valence electrons. The van der Waals surface area contributed by atoms with E-state index in [2.05, 4.69) is 6.92 Å². The fraction of sp³-hybridized carbons (Fsp3) is 0.500. The number of benzene rings is 1. The van der Waals surface area contributed by atoms with E-state index in [1.54, 1.807) is 13.2 Å². The normalized spacial score (nSPS) is 25.9. The molecule has 1 saturated carbocycles. The molecule has 3 heteroatoms. The molecule has 0 aromatic heterocycles. The standard InChI is InChI=1S/C18H24O3/c1-3-15-13-16(20-2)10-11-17(15)21-18(19)12-9-14-7-5-4-6-8-14/h4-9,12,15-17H,3,10-11,13H2,1-2H3. The molecule has 1 fully saturated rings. The van der Waals surface area contributed by atoms with Crippen LogP contribution < -0.4 is 0 Å². The predicted molar refractivity (Wildman–Crippen MR) is 83.8 cm³/mol. The predicted octanol–water partition coefficient (Wildman–Crippen LogP) is 3.84. The number of hydrogen-bond acceptors (Lipinski definition) is 3. The highest BCUT2D eigenvalue weighted by Gasteiger charge is 2.31. The zero-order chi connectivity index (χ0) is 15.1. The Balaban J connectivity index is 1.88. The maximum Gasteiger partial charge on any atom is 0.331 e. The summed E-state index contributed by atoms with van der Waals surface area (Å²) < 4.78 is 11.1. The molecular weight excluding hydrogens is 264 g/mol. The molecule has 1 aliphatic carbocycles. The Bertz CT molecular complexity index is 467. The van der Waals surface area contributed by atoms with Gasteiger partial charge in [-0.25, -0.2) is 4.79 Å². The van der Waals surface area contributed by atoms with Gasteiger partial charge in [0.2, 0.25) is 0 Å². The molecule has 3 atom stereocenters. The van der Waals surface area contributed by atoms with E-state index in [0.29, 0.717) is 12.0 Å².